The Kier molecular flexibility index (Phi) is 7.83. The van der Waals surface area contributed by atoms with Crippen LogP contribution in [0.4, 0.5) is 5.69 Å². The fraction of sp³-hybridized carbons (Fsp3) is 0.250. The first-order valence-electron chi connectivity index (χ1n) is 8.62. The van der Waals surface area contributed by atoms with Crippen molar-refractivity contribution >= 4 is 23.5 Å². The number of carbonyl (C=O) groups excluding carboxylic acids is 3. The van der Waals surface area contributed by atoms with Gasteiger partial charge in [0.2, 0.25) is 0 Å². The number of anilines is 1. The van der Waals surface area contributed by atoms with Gasteiger partial charge in [0.15, 0.2) is 6.61 Å². The summed E-state index contributed by atoms with van der Waals surface area (Å²) >= 11 is 0. The number of carbonyl (C=O) groups is 3. The van der Waals surface area contributed by atoms with E-state index in [0.717, 1.165) is 0 Å². The summed E-state index contributed by atoms with van der Waals surface area (Å²) in [5.41, 5.74) is 0.899. The van der Waals surface area contributed by atoms with Crippen molar-refractivity contribution in [3.8, 4) is 11.5 Å². The van der Waals surface area contributed by atoms with E-state index in [1.54, 1.807) is 48.5 Å². The highest BCUT2D eigenvalue weighted by atomic mass is 16.5. The van der Waals surface area contributed by atoms with Gasteiger partial charge in [-0.3, -0.25) is 14.4 Å². The average Bonchev–Trinajstić information content (AvgIpc) is 2.71. The summed E-state index contributed by atoms with van der Waals surface area (Å²) in [5.74, 6) is -0.410. The van der Waals surface area contributed by atoms with Crippen molar-refractivity contribution in [1.82, 2.24) is 5.32 Å². The number of esters is 1. The molecule has 2 N–H and O–H groups in total. The third-order valence-electron chi connectivity index (χ3n) is 3.54. The van der Waals surface area contributed by atoms with E-state index in [1.807, 2.05) is 6.92 Å². The molecule has 2 rings (SSSR count). The van der Waals surface area contributed by atoms with Gasteiger partial charge in [-0.1, -0.05) is 6.07 Å². The predicted molar refractivity (Wildman–Crippen MR) is 103 cm³/mol. The Bertz CT molecular complexity index is 820. The van der Waals surface area contributed by atoms with E-state index >= 15 is 0 Å². The molecule has 28 heavy (non-hydrogen) atoms. The lowest BCUT2D eigenvalue weighted by molar-refractivity contribution is -0.146. The maximum atomic E-state index is 12.0. The molecule has 0 aliphatic heterocycles. The van der Waals surface area contributed by atoms with Crippen LogP contribution in [0.25, 0.3) is 0 Å². The van der Waals surface area contributed by atoms with Crippen LogP contribution in [0, 0.1) is 0 Å². The quantitative estimate of drug-likeness (QED) is 0.639. The molecule has 0 aliphatic carbocycles. The summed E-state index contributed by atoms with van der Waals surface area (Å²) in [6, 6.07) is 13.3. The zero-order valence-corrected chi connectivity index (χ0v) is 15.7. The summed E-state index contributed by atoms with van der Waals surface area (Å²) in [7, 11) is 1.52. The summed E-state index contributed by atoms with van der Waals surface area (Å²) in [4.78, 5) is 35.6. The van der Waals surface area contributed by atoms with Gasteiger partial charge < -0.3 is 24.8 Å². The van der Waals surface area contributed by atoms with Gasteiger partial charge in [0.05, 0.1) is 13.7 Å². The zero-order valence-electron chi connectivity index (χ0n) is 15.7. The van der Waals surface area contributed by atoms with E-state index in [2.05, 4.69) is 10.6 Å². The molecule has 8 heteroatoms. The number of hydrogen-bond acceptors (Lipinski definition) is 6. The molecule has 0 unspecified atom stereocenters. The number of ether oxygens (including phenoxy) is 3. The monoisotopic (exact) mass is 386 g/mol. The normalized spacial score (nSPS) is 9.93. The Hall–Kier alpha value is -3.55. The summed E-state index contributed by atoms with van der Waals surface area (Å²) in [6.07, 6.45) is 0. The average molecular weight is 386 g/mol. The van der Waals surface area contributed by atoms with Crippen LogP contribution in [-0.4, -0.2) is 44.7 Å². The Labute approximate surface area is 162 Å². The van der Waals surface area contributed by atoms with Crippen molar-refractivity contribution in [1.29, 1.82) is 0 Å². The SMILES string of the molecule is CCOc1ccc(C(=O)NCC(=O)OCC(=O)Nc2cccc(OC)c2)cc1. The van der Waals surface area contributed by atoms with Gasteiger partial charge in [-0.2, -0.15) is 0 Å². The Balaban J connectivity index is 1.72. The number of hydrogen-bond donors (Lipinski definition) is 2. The van der Waals surface area contributed by atoms with Gasteiger partial charge in [0.1, 0.15) is 18.0 Å². The van der Waals surface area contributed by atoms with Crippen molar-refractivity contribution in [2.24, 2.45) is 0 Å². The summed E-state index contributed by atoms with van der Waals surface area (Å²) < 4.78 is 15.2. The Morgan fingerprint density at radius 2 is 1.75 bits per heavy atom. The first-order chi connectivity index (χ1) is 13.5. The maximum Gasteiger partial charge on any atom is 0.325 e. The topological polar surface area (TPSA) is 103 Å². The van der Waals surface area contributed by atoms with E-state index in [0.29, 0.717) is 29.4 Å². The van der Waals surface area contributed by atoms with Crippen molar-refractivity contribution in [2.45, 2.75) is 6.92 Å². The largest absolute Gasteiger partial charge is 0.497 e. The second-order valence-corrected chi connectivity index (χ2v) is 5.58. The second-order valence-electron chi connectivity index (χ2n) is 5.58. The molecule has 8 nitrogen and oxygen atoms in total. The van der Waals surface area contributed by atoms with Crippen LogP contribution in [0.15, 0.2) is 48.5 Å². The summed E-state index contributed by atoms with van der Waals surface area (Å²) in [5, 5.41) is 5.02. The zero-order chi connectivity index (χ0) is 20.4. The summed E-state index contributed by atoms with van der Waals surface area (Å²) in [6.45, 7) is 1.58. The van der Waals surface area contributed by atoms with Crippen LogP contribution in [-0.2, 0) is 14.3 Å². The molecule has 2 aromatic rings. The Morgan fingerprint density at radius 3 is 2.43 bits per heavy atom. The fourth-order valence-corrected chi connectivity index (χ4v) is 2.22. The molecule has 2 aromatic carbocycles. The van der Waals surface area contributed by atoms with Crippen molar-refractivity contribution in [3.05, 3.63) is 54.1 Å². The third kappa shape index (κ3) is 6.64. The minimum Gasteiger partial charge on any atom is -0.497 e. The molecule has 148 valence electrons. The van der Waals surface area contributed by atoms with Crippen LogP contribution in [0.2, 0.25) is 0 Å². The number of rotatable bonds is 9. The van der Waals surface area contributed by atoms with Crippen molar-refractivity contribution in [3.63, 3.8) is 0 Å². The molecule has 0 spiro atoms. The lowest BCUT2D eigenvalue weighted by Crippen LogP contribution is -2.32. The van der Waals surface area contributed by atoms with Crippen molar-refractivity contribution < 1.29 is 28.6 Å². The molecular formula is C20H22N2O6. The lowest BCUT2D eigenvalue weighted by atomic mass is 10.2. The number of methoxy groups -OCH3 is 1. The lowest BCUT2D eigenvalue weighted by Gasteiger charge is -2.09. The first kappa shape index (κ1) is 20.8. The molecule has 0 heterocycles. The van der Waals surface area contributed by atoms with Gasteiger partial charge in [-0.05, 0) is 43.3 Å². The molecule has 0 atom stereocenters. The molecule has 0 aliphatic rings. The van der Waals surface area contributed by atoms with E-state index in [4.69, 9.17) is 14.2 Å². The highest BCUT2D eigenvalue weighted by Crippen LogP contribution is 2.16. The van der Waals surface area contributed by atoms with Gasteiger partial charge in [-0.25, -0.2) is 0 Å². The standard InChI is InChI=1S/C20H22N2O6/c1-3-27-16-9-7-14(8-10-16)20(25)21-12-19(24)28-13-18(23)22-15-5-4-6-17(11-15)26-2/h4-11H,3,12-13H2,1-2H3,(H,21,25)(H,22,23). The van der Waals surface area contributed by atoms with E-state index < -0.39 is 24.4 Å². The fourth-order valence-electron chi connectivity index (χ4n) is 2.22. The van der Waals surface area contributed by atoms with Crippen LogP contribution in [0.3, 0.4) is 0 Å². The van der Waals surface area contributed by atoms with E-state index in [1.165, 1.54) is 7.11 Å². The first-order valence-corrected chi connectivity index (χ1v) is 8.62. The molecular weight excluding hydrogens is 364 g/mol. The predicted octanol–water partition coefficient (Wildman–Crippen LogP) is 2.01. The number of benzene rings is 2. The van der Waals surface area contributed by atoms with Crippen molar-refractivity contribution in [2.75, 3.05) is 32.2 Å². The minimum atomic E-state index is -0.722. The molecule has 0 aromatic heterocycles. The Morgan fingerprint density at radius 1 is 1.00 bits per heavy atom. The van der Waals surface area contributed by atoms with Gasteiger partial charge >= 0.3 is 5.97 Å². The maximum absolute atomic E-state index is 12.0. The van der Waals surface area contributed by atoms with Gasteiger partial charge in [0.25, 0.3) is 11.8 Å². The van der Waals surface area contributed by atoms with Crippen LogP contribution in [0.5, 0.6) is 11.5 Å². The molecule has 0 saturated heterocycles. The molecule has 0 saturated carbocycles. The molecule has 0 radical (unpaired) electrons. The van der Waals surface area contributed by atoms with E-state index in [9.17, 15) is 14.4 Å². The second kappa shape index (κ2) is 10.6. The van der Waals surface area contributed by atoms with Crippen LogP contribution >= 0.6 is 0 Å². The van der Waals surface area contributed by atoms with Crippen LogP contribution < -0.4 is 20.1 Å². The smallest absolute Gasteiger partial charge is 0.325 e. The van der Waals surface area contributed by atoms with Gasteiger partial charge in [-0.15, -0.1) is 0 Å². The van der Waals surface area contributed by atoms with E-state index in [-0.39, 0.29) is 6.54 Å². The number of amides is 2. The molecule has 0 fully saturated rings. The van der Waals surface area contributed by atoms with Crippen LogP contribution in [0.1, 0.15) is 17.3 Å². The van der Waals surface area contributed by atoms with Gasteiger partial charge in [0, 0.05) is 17.3 Å². The molecule has 2 amide bonds. The highest BCUT2D eigenvalue weighted by Gasteiger charge is 2.11. The minimum absolute atomic E-state index is 0.349. The molecule has 0 bridgehead atoms. The highest BCUT2D eigenvalue weighted by molar-refractivity contribution is 5.96. The number of nitrogens with one attached hydrogen (secondary N) is 2. The third-order valence-corrected chi connectivity index (χ3v) is 3.54.